The van der Waals surface area contributed by atoms with Gasteiger partial charge in [0.15, 0.2) is 0 Å². The molecule has 0 aromatic heterocycles. The second-order valence-electron chi connectivity index (χ2n) is 5.38. The summed E-state index contributed by atoms with van der Waals surface area (Å²) in [4.78, 5) is 27.2. The molecule has 2 atom stereocenters. The summed E-state index contributed by atoms with van der Waals surface area (Å²) >= 11 is 0. The summed E-state index contributed by atoms with van der Waals surface area (Å²) in [7, 11) is 3.44. The van der Waals surface area contributed by atoms with Gasteiger partial charge in [-0.2, -0.15) is 0 Å². The number of carbonyl (C=O) groups excluding carboxylic acids is 2. The van der Waals surface area contributed by atoms with Gasteiger partial charge in [-0.3, -0.25) is 4.79 Å². The van der Waals surface area contributed by atoms with Gasteiger partial charge in [-0.25, -0.2) is 4.79 Å². The molecule has 2 unspecified atom stereocenters. The molecule has 6 heteroatoms. The summed E-state index contributed by atoms with van der Waals surface area (Å²) in [5.74, 6) is -0.156. The number of urea groups is 1. The number of aliphatic hydroxyl groups is 1. The first-order chi connectivity index (χ1) is 8.95. The number of hydrogen-bond acceptors (Lipinski definition) is 3. The molecule has 0 aromatic rings. The molecule has 0 spiro atoms. The van der Waals surface area contributed by atoms with E-state index >= 15 is 0 Å². The molecule has 110 valence electrons. The average Bonchev–Trinajstić information content (AvgIpc) is 2.38. The van der Waals surface area contributed by atoms with Crippen molar-refractivity contribution in [3.63, 3.8) is 0 Å². The number of rotatable bonds is 4. The van der Waals surface area contributed by atoms with Crippen molar-refractivity contribution in [3.8, 4) is 0 Å². The van der Waals surface area contributed by atoms with E-state index in [2.05, 4.69) is 5.32 Å². The van der Waals surface area contributed by atoms with Crippen LogP contribution in [-0.4, -0.2) is 66.7 Å². The monoisotopic (exact) mass is 271 g/mol. The molecule has 1 rings (SSSR count). The van der Waals surface area contributed by atoms with Crippen molar-refractivity contribution in [1.29, 1.82) is 0 Å². The molecule has 19 heavy (non-hydrogen) atoms. The smallest absolute Gasteiger partial charge is 0.319 e. The van der Waals surface area contributed by atoms with Crippen LogP contribution in [0.15, 0.2) is 0 Å². The molecule has 1 fully saturated rings. The first kappa shape index (κ1) is 15.8. The summed E-state index contributed by atoms with van der Waals surface area (Å²) in [5.41, 5.74) is 0. The molecular formula is C13H25N3O3. The lowest BCUT2D eigenvalue weighted by atomic mass is 9.97. The quantitative estimate of drug-likeness (QED) is 0.770. The Morgan fingerprint density at radius 3 is 2.74 bits per heavy atom. The van der Waals surface area contributed by atoms with Gasteiger partial charge in [0.25, 0.3) is 0 Å². The van der Waals surface area contributed by atoms with E-state index in [0.29, 0.717) is 19.5 Å². The number of hydrogen-bond donors (Lipinski definition) is 2. The average molecular weight is 271 g/mol. The minimum absolute atomic E-state index is 0.0165. The number of amides is 3. The topological polar surface area (TPSA) is 72.9 Å². The number of nitrogens with zero attached hydrogens (tertiary/aromatic N) is 2. The predicted octanol–water partition coefficient (Wildman–Crippen LogP) is 0.267. The maximum Gasteiger partial charge on any atom is 0.319 e. The third kappa shape index (κ3) is 4.70. The van der Waals surface area contributed by atoms with E-state index in [1.807, 2.05) is 6.92 Å². The van der Waals surface area contributed by atoms with Crippen LogP contribution in [0, 0.1) is 5.92 Å². The Balaban J connectivity index is 2.50. The van der Waals surface area contributed by atoms with E-state index in [0.717, 1.165) is 12.8 Å². The second kappa shape index (κ2) is 7.33. The van der Waals surface area contributed by atoms with Crippen LogP contribution in [0.4, 0.5) is 4.79 Å². The molecule has 2 N–H and O–H groups in total. The lowest BCUT2D eigenvalue weighted by Crippen LogP contribution is -2.49. The summed E-state index contributed by atoms with van der Waals surface area (Å²) in [5, 5.41) is 11.7. The van der Waals surface area contributed by atoms with Gasteiger partial charge < -0.3 is 20.2 Å². The van der Waals surface area contributed by atoms with Crippen LogP contribution in [-0.2, 0) is 4.79 Å². The number of likely N-dealkylation sites (tertiary alicyclic amines) is 1. The molecule has 0 bridgehead atoms. The SMILES string of the molecule is CC(CCO)NC(=O)C1CCCN(C(=O)N(C)C)C1. The van der Waals surface area contributed by atoms with Gasteiger partial charge in [-0.15, -0.1) is 0 Å². The number of aliphatic hydroxyl groups excluding tert-OH is 1. The number of nitrogens with one attached hydrogen (secondary N) is 1. The third-order valence-corrected chi connectivity index (χ3v) is 3.40. The predicted molar refractivity (Wildman–Crippen MR) is 72.7 cm³/mol. The van der Waals surface area contributed by atoms with Gasteiger partial charge in [-0.1, -0.05) is 0 Å². The summed E-state index contributed by atoms with van der Waals surface area (Å²) in [6, 6.07) is -0.0710. The Labute approximate surface area is 114 Å². The van der Waals surface area contributed by atoms with E-state index in [9.17, 15) is 9.59 Å². The highest BCUT2D eigenvalue weighted by Crippen LogP contribution is 2.17. The van der Waals surface area contributed by atoms with Gasteiger partial charge in [0, 0.05) is 39.8 Å². The van der Waals surface area contributed by atoms with Crippen molar-refractivity contribution in [2.45, 2.75) is 32.2 Å². The fraction of sp³-hybridized carbons (Fsp3) is 0.846. The lowest BCUT2D eigenvalue weighted by Gasteiger charge is -2.34. The molecule has 0 aromatic carbocycles. The van der Waals surface area contributed by atoms with Crippen LogP contribution >= 0.6 is 0 Å². The van der Waals surface area contributed by atoms with Crippen LogP contribution in [0.3, 0.4) is 0 Å². The highest BCUT2D eigenvalue weighted by Gasteiger charge is 2.29. The maximum absolute atomic E-state index is 12.1. The molecule has 1 saturated heterocycles. The van der Waals surface area contributed by atoms with Crippen LogP contribution in [0.25, 0.3) is 0 Å². The first-order valence-corrected chi connectivity index (χ1v) is 6.83. The Morgan fingerprint density at radius 2 is 2.16 bits per heavy atom. The van der Waals surface area contributed by atoms with E-state index in [4.69, 9.17) is 5.11 Å². The fourth-order valence-corrected chi connectivity index (χ4v) is 2.27. The highest BCUT2D eigenvalue weighted by atomic mass is 16.3. The van der Waals surface area contributed by atoms with Crippen LogP contribution in [0.5, 0.6) is 0 Å². The largest absolute Gasteiger partial charge is 0.396 e. The highest BCUT2D eigenvalue weighted by molar-refractivity contribution is 5.81. The van der Waals surface area contributed by atoms with Crippen molar-refractivity contribution in [2.24, 2.45) is 5.92 Å². The molecular weight excluding hydrogens is 246 g/mol. The zero-order valence-corrected chi connectivity index (χ0v) is 12.1. The molecule has 0 saturated carbocycles. The molecule has 3 amide bonds. The molecule has 1 heterocycles. The van der Waals surface area contributed by atoms with Gasteiger partial charge in [0.1, 0.15) is 0 Å². The maximum atomic E-state index is 12.1. The minimum Gasteiger partial charge on any atom is -0.396 e. The van der Waals surface area contributed by atoms with Crippen molar-refractivity contribution in [3.05, 3.63) is 0 Å². The Hall–Kier alpha value is -1.30. The minimum atomic E-state index is -0.140. The lowest BCUT2D eigenvalue weighted by molar-refractivity contribution is -0.127. The Morgan fingerprint density at radius 1 is 1.47 bits per heavy atom. The third-order valence-electron chi connectivity index (χ3n) is 3.40. The van der Waals surface area contributed by atoms with Gasteiger partial charge in [0.2, 0.25) is 5.91 Å². The van der Waals surface area contributed by atoms with Crippen LogP contribution < -0.4 is 5.32 Å². The van der Waals surface area contributed by atoms with Gasteiger partial charge in [-0.05, 0) is 26.2 Å². The van der Waals surface area contributed by atoms with Crippen LogP contribution in [0.2, 0.25) is 0 Å². The normalized spacial score (nSPS) is 20.8. The van der Waals surface area contributed by atoms with Crippen molar-refractivity contribution >= 4 is 11.9 Å². The van der Waals surface area contributed by atoms with E-state index in [-0.39, 0.29) is 30.5 Å². The number of carbonyl (C=O) groups is 2. The fourth-order valence-electron chi connectivity index (χ4n) is 2.27. The van der Waals surface area contributed by atoms with Crippen molar-refractivity contribution < 1.29 is 14.7 Å². The number of piperidine rings is 1. The van der Waals surface area contributed by atoms with Crippen molar-refractivity contribution in [2.75, 3.05) is 33.8 Å². The molecule has 0 radical (unpaired) electrons. The van der Waals surface area contributed by atoms with E-state index in [1.165, 1.54) is 4.90 Å². The van der Waals surface area contributed by atoms with Gasteiger partial charge >= 0.3 is 6.03 Å². The summed E-state index contributed by atoms with van der Waals surface area (Å²) < 4.78 is 0. The summed E-state index contributed by atoms with van der Waals surface area (Å²) in [6.45, 7) is 3.14. The molecule has 1 aliphatic heterocycles. The standard InChI is InChI=1S/C13H25N3O3/c1-10(6-8-17)14-12(18)11-5-4-7-16(9-11)13(19)15(2)3/h10-11,17H,4-9H2,1-3H3,(H,14,18). The zero-order valence-electron chi connectivity index (χ0n) is 12.1. The Kier molecular flexibility index (Phi) is 6.08. The first-order valence-electron chi connectivity index (χ1n) is 6.83. The summed E-state index contributed by atoms with van der Waals surface area (Å²) in [6.07, 6.45) is 2.22. The molecule has 6 nitrogen and oxygen atoms in total. The van der Waals surface area contributed by atoms with Crippen LogP contribution in [0.1, 0.15) is 26.2 Å². The van der Waals surface area contributed by atoms with Gasteiger partial charge in [0.05, 0.1) is 5.92 Å². The molecule has 0 aliphatic carbocycles. The Bertz CT molecular complexity index is 320. The van der Waals surface area contributed by atoms with Crippen molar-refractivity contribution in [1.82, 2.24) is 15.1 Å². The van der Waals surface area contributed by atoms with E-state index in [1.54, 1.807) is 19.0 Å². The second-order valence-corrected chi connectivity index (χ2v) is 5.38. The molecule has 1 aliphatic rings. The van der Waals surface area contributed by atoms with E-state index < -0.39 is 0 Å². The zero-order chi connectivity index (χ0) is 14.4.